The number of rotatable bonds is 7. The van der Waals surface area contributed by atoms with Crippen LogP contribution < -0.4 is 15.8 Å². The van der Waals surface area contributed by atoms with Gasteiger partial charge in [0.2, 0.25) is 0 Å². The number of carbonyl (C=O) groups is 1. The number of nitrogens with zero attached hydrogens (tertiary/aromatic N) is 1. The van der Waals surface area contributed by atoms with Gasteiger partial charge < -0.3 is 20.9 Å². The summed E-state index contributed by atoms with van der Waals surface area (Å²) in [5, 5.41) is 14.4. The molecule has 6 nitrogen and oxygen atoms in total. The van der Waals surface area contributed by atoms with E-state index in [1.165, 1.54) is 23.5 Å². The summed E-state index contributed by atoms with van der Waals surface area (Å²) in [6.45, 7) is -0.175. The van der Waals surface area contributed by atoms with E-state index in [2.05, 4.69) is 10.3 Å². The van der Waals surface area contributed by atoms with E-state index in [0.717, 1.165) is 12.1 Å². The fourth-order valence-corrected chi connectivity index (χ4v) is 2.48. The minimum Gasteiger partial charge on any atom is -0.491 e. The number of amides is 1. The van der Waals surface area contributed by atoms with E-state index in [4.69, 9.17) is 10.5 Å². The van der Waals surface area contributed by atoms with Gasteiger partial charge in [0.05, 0.1) is 5.56 Å². The van der Waals surface area contributed by atoms with E-state index in [-0.39, 0.29) is 31.1 Å². The highest BCUT2D eigenvalue weighted by Crippen LogP contribution is 2.31. The first-order chi connectivity index (χ1) is 11.8. The molecule has 10 heteroatoms. The van der Waals surface area contributed by atoms with Gasteiger partial charge in [0.1, 0.15) is 29.2 Å². The molecule has 0 saturated heterocycles. The van der Waals surface area contributed by atoms with Crippen LogP contribution in [0.1, 0.15) is 21.1 Å². The van der Waals surface area contributed by atoms with Gasteiger partial charge in [-0.15, -0.1) is 11.3 Å². The third-order valence-corrected chi connectivity index (χ3v) is 3.93. The standard InChI is InChI=1S/C15H16F3N3O3S/c16-15(17,18)9-2-1-3-11(4-9)24-7-10(22)6-20-14(23)12-8-25-13(5-19)21-12/h1-4,8,10,22H,5-7,19H2,(H,20,23). The van der Waals surface area contributed by atoms with Crippen LogP contribution in [-0.4, -0.2) is 35.3 Å². The minimum atomic E-state index is -4.47. The molecule has 0 radical (unpaired) electrons. The van der Waals surface area contributed by atoms with Gasteiger partial charge >= 0.3 is 6.18 Å². The van der Waals surface area contributed by atoms with E-state index in [1.54, 1.807) is 5.38 Å². The van der Waals surface area contributed by atoms with E-state index in [1.807, 2.05) is 0 Å². The van der Waals surface area contributed by atoms with Crippen molar-refractivity contribution < 1.29 is 27.8 Å². The van der Waals surface area contributed by atoms with Crippen molar-refractivity contribution in [1.29, 1.82) is 0 Å². The lowest BCUT2D eigenvalue weighted by Crippen LogP contribution is -2.35. The number of aliphatic hydroxyl groups excluding tert-OH is 1. The molecule has 2 aromatic rings. The Morgan fingerprint density at radius 3 is 2.84 bits per heavy atom. The molecule has 0 aliphatic carbocycles. The van der Waals surface area contributed by atoms with Gasteiger partial charge in [-0.2, -0.15) is 13.2 Å². The number of benzene rings is 1. The van der Waals surface area contributed by atoms with Crippen LogP contribution in [0.25, 0.3) is 0 Å². The number of aromatic nitrogens is 1. The average molecular weight is 375 g/mol. The lowest BCUT2D eigenvalue weighted by molar-refractivity contribution is -0.137. The number of ether oxygens (including phenoxy) is 1. The number of aliphatic hydroxyl groups is 1. The average Bonchev–Trinajstić information content (AvgIpc) is 3.06. The number of hydrogen-bond donors (Lipinski definition) is 3. The molecular weight excluding hydrogens is 359 g/mol. The summed E-state index contributed by atoms with van der Waals surface area (Å²) in [4.78, 5) is 15.8. The lowest BCUT2D eigenvalue weighted by Gasteiger charge is -2.14. The normalized spacial score (nSPS) is 12.7. The van der Waals surface area contributed by atoms with Crippen molar-refractivity contribution >= 4 is 17.2 Å². The van der Waals surface area contributed by atoms with Crippen molar-refractivity contribution in [2.45, 2.75) is 18.8 Å². The Morgan fingerprint density at radius 1 is 1.44 bits per heavy atom. The fourth-order valence-electron chi connectivity index (χ4n) is 1.82. The number of halogens is 3. The second kappa shape index (κ2) is 8.28. The predicted molar refractivity (Wildman–Crippen MR) is 85.3 cm³/mol. The lowest BCUT2D eigenvalue weighted by atomic mass is 10.2. The van der Waals surface area contributed by atoms with Crippen molar-refractivity contribution in [3.05, 3.63) is 45.9 Å². The summed E-state index contributed by atoms with van der Waals surface area (Å²) >= 11 is 1.25. The summed E-state index contributed by atoms with van der Waals surface area (Å²) < 4.78 is 42.9. The quantitative estimate of drug-likeness (QED) is 0.686. The Bertz CT molecular complexity index is 721. The molecule has 1 unspecified atom stereocenters. The summed E-state index contributed by atoms with van der Waals surface area (Å²) in [7, 11) is 0. The molecule has 0 fully saturated rings. The molecule has 0 aliphatic rings. The molecule has 4 N–H and O–H groups in total. The van der Waals surface area contributed by atoms with E-state index in [9.17, 15) is 23.1 Å². The molecule has 1 aromatic carbocycles. The number of nitrogens with two attached hydrogens (primary N) is 1. The van der Waals surface area contributed by atoms with Gasteiger partial charge in [0.25, 0.3) is 5.91 Å². The Kier molecular flexibility index (Phi) is 6.34. The van der Waals surface area contributed by atoms with Gasteiger partial charge in [-0.05, 0) is 18.2 Å². The molecule has 136 valence electrons. The van der Waals surface area contributed by atoms with Gasteiger partial charge in [-0.3, -0.25) is 4.79 Å². The zero-order valence-electron chi connectivity index (χ0n) is 12.9. The summed E-state index contributed by atoms with van der Waals surface area (Å²) in [5.74, 6) is -0.499. The Morgan fingerprint density at radius 2 is 2.20 bits per heavy atom. The minimum absolute atomic E-state index is 0.0210. The van der Waals surface area contributed by atoms with Gasteiger partial charge in [0.15, 0.2) is 0 Å². The van der Waals surface area contributed by atoms with E-state index < -0.39 is 23.8 Å². The van der Waals surface area contributed by atoms with Crippen molar-refractivity contribution in [3.8, 4) is 5.75 Å². The molecule has 0 saturated carbocycles. The first-order valence-corrected chi connectivity index (χ1v) is 8.08. The van der Waals surface area contributed by atoms with E-state index >= 15 is 0 Å². The van der Waals surface area contributed by atoms with Crippen molar-refractivity contribution in [3.63, 3.8) is 0 Å². The largest absolute Gasteiger partial charge is 0.491 e. The maximum absolute atomic E-state index is 12.6. The van der Waals surface area contributed by atoms with Crippen LogP contribution >= 0.6 is 11.3 Å². The van der Waals surface area contributed by atoms with Crippen molar-refractivity contribution in [2.24, 2.45) is 5.73 Å². The summed E-state index contributed by atoms with van der Waals surface area (Å²) in [6, 6.07) is 4.33. The number of nitrogens with one attached hydrogen (secondary N) is 1. The molecule has 0 aliphatic heterocycles. The monoisotopic (exact) mass is 375 g/mol. The van der Waals surface area contributed by atoms with Crippen LogP contribution in [0.3, 0.4) is 0 Å². The smallest absolute Gasteiger partial charge is 0.416 e. The first kappa shape index (κ1) is 19.2. The summed E-state index contributed by atoms with van der Waals surface area (Å²) in [5.41, 5.74) is 4.76. The van der Waals surface area contributed by atoms with Crippen LogP contribution in [0.15, 0.2) is 29.6 Å². The zero-order chi connectivity index (χ0) is 18.4. The highest BCUT2D eigenvalue weighted by molar-refractivity contribution is 7.09. The highest BCUT2D eigenvalue weighted by Gasteiger charge is 2.30. The second-order valence-electron chi connectivity index (χ2n) is 5.03. The molecule has 1 heterocycles. The van der Waals surface area contributed by atoms with Crippen LogP contribution in [0.5, 0.6) is 5.75 Å². The van der Waals surface area contributed by atoms with Crippen molar-refractivity contribution in [1.82, 2.24) is 10.3 Å². The molecule has 25 heavy (non-hydrogen) atoms. The van der Waals surface area contributed by atoms with Crippen LogP contribution in [0.2, 0.25) is 0 Å². The molecule has 1 atom stereocenters. The van der Waals surface area contributed by atoms with Gasteiger partial charge in [-0.25, -0.2) is 4.98 Å². The molecular formula is C15H16F3N3O3S. The van der Waals surface area contributed by atoms with Crippen LogP contribution in [0, 0.1) is 0 Å². The third-order valence-electron chi connectivity index (χ3n) is 3.06. The van der Waals surface area contributed by atoms with Crippen molar-refractivity contribution in [2.75, 3.05) is 13.2 Å². The van der Waals surface area contributed by atoms with Crippen LogP contribution in [0.4, 0.5) is 13.2 Å². The maximum Gasteiger partial charge on any atom is 0.416 e. The number of thiazole rings is 1. The van der Waals surface area contributed by atoms with Gasteiger partial charge in [0, 0.05) is 18.5 Å². The molecule has 1 aromatic heterocycles. The Balaban J connectivity index is 1.80. The number of hydrogen-bond acceptors (Lipinski definition) is 6. The van der Waals surface area contributed by atoms with E-state index in [0.29, 0.717) is 5.01 Å². The Hall–Kier alpha value is -2.17. The maximum atomic E-state index is 12.6. The topological polar surface area (TPSA) is 97.5 Å². The number of carbonyl (C=O) groups excluding carboxylic acids is 1. The molecule has 2 rings (SSSR count). The summed E-state index contributed by atoms with van der Waals surface area (Å²) in [6.07, 6.45) is -5.56. The zero-order valence-corrected chi connectivity index (χ0v) is 13.7. The van der Waals surface area contributed by atoms with Crippen LogP contribution in [-0.2, 0) is 12.7 Å². The highest BCUT2D eigenvalue weighted by atomic mass is 32.1. The number of alkyl halides is 3. The predicted octanol–water partition coefficient (Wildman–Crippen LogP) is 1.79. The fraction of sp³-hybridized carbons (Fsp3) is 0.333. The second-order valence-corrected chi connectivity index (χ2v) is 5.97. The Labute approximate surface area is 145 Å². The third kappa shape index (κ3) is 5.69. The molecule has 0 bridgehead atoms. The first-order valence-electron chi connectivity index (χ1n) is 7.20. The molecule has 0 spiro atoms. The van der Waals surface area contributed by atoms with Gasteiger partial charge in [-0.1, -0.05) is 6.07 Å². The SMILES string of the molecule is NCc1nc(C(=O)NCC(O)COc2cccc(C(F)(F)F)c2)cs1. The molecule has 1 amide bonds.